The summed E-state index contributed by atoms with van der Waals surface area (Å²) in [5.41, 5.74) is 7.71. The molecule has 152 valence electrons. The van der Waals surface area contributed by atoms with E-state index in [0.717, 1.165) is 43.4 Å². The number of amides is 1. The molecule has 1 aromatic carbocycles. The molecule has 0 saturated heterocycles. The highest BCUT2D eigenvalue weighted by Gasteiger charge is 2.46. The number of hydrogen-bond donors (Lipinski definition) is 1. The molecule has 1 aromatic heterocycles. The first-order valence-electron chi connectivity index (χ1n) is 9.99. The molecule has 0 radical (unpaired) electrons. The molecule has 2 aliphatic rings. The lowest BCUT2D eigenvalue weighted by molar-refractivity contribution is -0.114. The molecule has 1 saturated carbocycles. The van der Waals surface area contributed by atoms with Crippen molar-refractivity contribution in [3.63, 3.8) is 0 Å². The Morgan fingerprint density at radius 3 is 2.41 bits per heavy atom. The zero-order chi connectivity index (χ0) is 20.8. The normalized spacial score (nSPS) is 19.8. The number of benzene rings is 1. The molecule has 1 amide bonds. The molecular weight excluding hydrogens is 368 g/mol. The standard InChI is InChI=1S/C22H26N4O3/c1-14-17(19(23)27)20(29-22(14)12-8-5-9-13-22)24-18-15(2)25(3)26(21(18)28)16-10-6-4-7-11-16/h4,6-7,10-11H,5,8-9,12-13H2,1-3H3,(H2,23,27). The summed E-state index contributed by atoms with van der Waals surface area (Å²) in [6.07, 6.45) is 4.87. The number of nitrogens with zero attached hydrogens (tertiary/aromatic N) is 3. The van der Waals surface area contributed by atoms with Crippen LogP contribution < -0.4 is 11.3 Å². The summed E-state index contributed by atoms with van der Waals surface area (Å²) < 4.78 is 9.57. The number of para-hydroxylation sites is 1. The summed E-state index contributed by atoms with van der Waals surface area (Å²) in [7, 11) is 1.81. The van der Waals surface area contributed by atoms with E-state index in [-0.39, 0.29) is 17.1 Å². The maximum atomic E-state index is 13.2. The topological polar surface area (TPSA) is 91.6 Å². The molecule has 7 nitrogen and oxygen atoms in total. The Labute approximate surface area is 169 Å². The molecule has 4 rings (SSSR count). The smallest absolute Gasteiger partial charge is 0.297 e. The highest BCUT2D eigenvalue weighted by molar-refractivity contribution is 6.21. The maximum Gasteiger partial charge on any atom is 0.297 e. The van der Waals surface area contributed by atoms with E-state index >= 15 is 0 Å². The van der Waals surface area contributed by atoms with Crippen molar-refractivity contribution in [1.82, 2.24) is 9.36 Å². The first-order chi connectivity index (χ1) is 13.9. The second-order valence-electron chi connectivity index (χ2n) is 7.85. The zero-order valence-electron chi connectivity index (χ0n) is 17.1. The maximum absolute atomic E-state index is 13.2. The quantitative estimate of drug-likeness (QED) is 0.867. The van der Waals surface area contributed by atoms with Gasteiger partial charge in [-0.3, -0.25) is 14.3 Å². The van der Waals surface area contributed by atoms with Gasteiger partial charge in [0.15, 0.2) is 5.69 Å². The predicted octanol–water partition coefficient (Wildman–Crippen LogP) is 3.05. The Kier molecular flexibility index (Phi) is 4.68. The number of rotatable bonds is 3. The minimum Gasteiger partial charge on any atom is -0.466 e. The average molecular weight is 394 g/mol. The van der Waals surface area contributed by atoms with Gasteiger partial charge in [0.05, 0.1) is 11.4 Å². The van der Waals surface area contributed by atoms with E-state index in [0.29, 0.717) is 11.3 Å². The molecule has 1 aliphatic carbocycles. The first kappa shape index (κ1) is 19.2. The van der Waals surface area contributed by atoms with E-state index in [1.165, 1.54) is 0 Å². The van der Waals surface area contributed by atoms with Gasteiger partial charge in [0.1, 0.15) is 11.2 Å². The largest absolute Gasteiger partial charge is 0.466 e. The summed E-state index contributed by atoms with van der Waals surface area (Å²) in [6.45, 7) is 3.72. The van der Waals surface area contributed by atoms with Crippen molar-refractivity contribution in [2.45, 2.75) is 51.6 Å². The van der Waals surface area contributed by atoms with Crippen LogP contribution in [0.1, 0.15) is 44.7 Å². The first-order valence-corrected chi connectivity index (χ1v) is 9.99. The Bertz CT molecular complexity index is 1080. The molecule has 0 unspecified atom stereocenters. The molecule has 0 atom stereocenters. The van der Waals surface area contributed by atoms with Crippen LogP contribution in [0.15, 0.2) is 51.3 Å². The Morgan fingerprint density at radius 1 is 1.14 bits per heavy atom. The number of ether oxygens (including phenoxy) is 1. The Hall–Kier alpha value is -3.09. The lowest BCUT2D eigenvalue weighted by Gasteiger charge is -2.34. The summed E-state index contributed by atoms with van der Waals surface area (Å²) >= 11 is 0. The van der Waals surface area contributed by atoms with Gasteiger partial charge in [-0.1, -0.05) is 24.6 Å². The van der Waals surface area contributed by atoms with Crippen molar-refractivity contribution >= 4 is 17.5 Å². The molecular formula is C22H26N4O3. The third-order valence-corrected chi connectivity index (χ3v) is 6.21. The van der Waals surface area contributed by atoms with E-state index in [1.54, 1.807) is 9.36 Å². The van der Waals surface area contributed by atoms with Gasteiger partial charge in [-0.05, 0) is 57.2 Å². The highest BCUT2D eigenvalue weighted by Crippen LogP contribution is 2.44. The van der Waals surface area contributed by atoms with Crippen LogP contribution in [-0.4, -0.2) is 26.8 Å². The van der Waals surface area contributed by atoms with Gasteiger partial charge in [-0.15, -0.1) is 0 Å². The molecule has 29 heavy (non-hydrogen) atoms. The average Bonchev–Trinajstić information content (AvgIpc) is 3.09. The molecule has 2 heterocycles. The van der Waals surface area contributed by atoms with Gasteiger partial charge in [0, 0.05) is 7.05 Å². The third-order valence-electron chi connectivity index (χ3n) is 6.21. The van der Waals surface area contributed by atoms with Crippen LogP contribution in [0.5, 0.6) is 0 Å². The number of aliphatic imine (C=N–C) groups is 1. The lowest BCUT2D eigenvalue weighted by Crippen LogP contribution is -2.33. The van der Waals surface area contributed by atoms with Gasteiger partial charge in [-0.2, -0.15) is 0 Å². The van der Waals surface area contributed by atoms with Crippen molar-refractivity contribution in [3.05, 3.63) is 57.5 Å². The SMILES string of the molecule is CC1=C(C(N)=O)C(=Nc2c(C)n(C)n(-c3ccccc3)c2=O)OC12CCCCC2. The summed E-state index contributed by atoms with van der Waals surface area (Å²) in [5.74, 6) is -0.399. The van der Waals surface area contributed by atoms with E-state index in [9.17, 15) is 9.59 Å². The molecule has 2 N–H and O–H groups in total. The molecule has 1 spiro atoms. The van der Waals surface area contributed by atoms with Crippen LogP contribution in [0.2, 0.25) is 0 Å². The van der Waals surface area contributed by atoms with Crippen molar-refractivity contribution in [3.8, 4) is 5.69 Å². The fourth-order valence-corrected chi connectivity index (χ4v) is 4.45. The van der Waals surface area contributed by atoms with Gasteiger partial charge in [0.25, 0.3) is 11.5 Å². The number of nitrogens with two attached hydrogens (primary N) is 1. The molecule has 2 aromatic rings. The van der Waals surface area contributed by atoms with Crippen molar-refractivity contribution in [2.24, 2.45) is 17.8 Å². The van der Waals surface area contributed by atoms with Gasteiger partial charge in [-0.25, -0.2) is 9.67 Å². The molecule has 7 heteroatoms. The van der Waals surface area contributed by atoms with Crippen LogP contribution >= 0.6 is 0 Å². The van der Waals surface area contributed by atoms with Crippen molar-refractivity contribution < 1.29 is 9.53 Å². The molecule has 1 fully saturated rings. The summed E-state index contributed by atoms with van der Waals surface area (Å²) in [6, 6.07) is 9.37. The van der Waals surface area contributed by atoms with E-state index in [1.807, 2.05) is 51.2 Å². The molecule has 0 bridgehead atoms. The number of carbonyl (C=O) groups excluding carboxylic acids is 1. The van der Waals surface area contributed by atoms with Crippen LogP contribution in [0.25, 0.3) is 5.69 Å². The number of hydrogen-bond acceptors (Lipinski definition) is 4. The predicted molar refractivity (Wildman–Crippen MR) is 112 cm³/mol. The lowest BCUT2D eigenvalue weighted by atomic mass is 9.79. The van der Waals surface area contributed by atoms with Crippen LogP contribution in [0.4, 0.5) is 5.69 Å². The fourth-order valence-electron chi connectivity index (χ4n) is 4.45. The molecule has 1 aliphatic heterocycles. The second kappa shape index (κ2) is 7.06. The monoisotopic (exact) mass is 394 g/mol. The Morgan fingerprint density at radius 2 is 1.79 bits per heavy atom. The van der Waals surface area contributed by atoms with Crippen LogP contribution in [-0.2, 0) is 16.6 Å². The third kappa shape index (κ3) is 3.01. The van der Waals surface area contributed by atoms with Crippen molar-refractivity contribution in [1.29, 1.82) is 0 Å². The van der Waals surface area contributed by atoms with Gasteiger partial charge >= 0.3 is 0 Å². The minimum atomic E-state index is -0.569. The zero-order valence-corrected chi connectivity index (χ0v) is 17.1. The van der Waals surface area contributed by atoms with Gasteiger partial charge in [0.2, 0.25) is 5.90 Å². The fraction of sp³-hybridized carbons (Fsp3) is 0.409. The van der Waals surface area contributed by atoms with Crippen molar-refractivity contribution in [2.75, 3.05) is 0 Å². The van der Waals surface area contributed by atoms with Gasteiger partial charge < -0.3 is 10.5 Å². The number of carbonyl (C=O) groups is 1. The number of primary amides is 1. The van der Waals surface area contributed by atoms with Crippen LogP contribution in [0, 0.1) is 6.92 Å². The van der Waals surface area contributed by atoms with E-state index in [2.05, 4.69) is 4.99 Å². The Balaban J connectivity index is 1.85. The van der Waals surface area contributed by atoms with Crippen LogP contribution in [0.3, 0.4) is 0 Å². The second-order valence-corrected chi connectivity index (χ2v) is 7.85. The number of aromatic nitrogens is 2. The minimum absolute atomic E-state index is 0.169. The highest BCUT2D eigenvalue weighted by atomic mass is 16.5. The summed E-state index contributed by atoms with van der Waals surface area (Å²) in [5, 5.41) is 0. The summed E-state index contributed by atoms with van der Waals surface area (Å²) in [4.78, 5) is 29.9. The van der Waals surface area contributed by atoms with E-state index < -0.39 is 11.5 Å². The van der Waals surface area contributed by atoms with E-state index in [4.69, 9.17) is 10.5 Å².